The van der Waals surface area contributed by atoms with Gasteiger partial charge in [-0.15, -0.1) is 0 Å². The van der Waals surface area contributed by atoms with Crippen LogP contribution in [-0.4, -0.2) is 42.3 Å². The highest BCUT2D eigenvalue weighted by atomic mass is 16.6. The Morgan fingerprint density at radius 1 is 1.17 bits per heavy atom. The minimum Gasteiger partial charge on any atom is -0.444 e. The fourth-order valence-electron chi connectivity index (χ4n) is 3.88. The second kappa shape index (κ2) is 8.36. The van der Waals surface area contributed by atoms with E-state index in [1.54, 1.807) is 0 Å². The zero-order chi connectivity index (χ0) is 16.9. The van der Waals surface area contributed by atoms with Gasteiger partial charge in [-0.2, -0.15) is 0 Å². The minimum absolute atomic E-state index is 0.150. The molecule has 1 saturated carbocycles. The van der Waals surface area contributed by atoms with Gasteiger partial charge in [0.25, 0.3) is 0 Å². The van der Waals surface area contributed by atoms with Crippen molar-refractivity contribution in [2.75, 3.05) is 19.6 Å². The molecule has 1 amide bonds. The highest BCUT2D eigenvalue weighted by molar-refractivity contribution is 5.68. The van der Waals surface area contributed by atoms with Gasteiger partial charge in [0.2, 0.25) is 0 Å². The van der Waals surface area contributed by atoms with Crippen LogP contribution in [0.15, 0.2) is 0 Å². The molecule has 0 aromatic rings. The zero-order valence-corrected chi connectivity index (χ0v) is 15.6. The van der Waals surface area contributed by atoms with Crippen LogP contribution in [0.2, 0.25) is 0 Å². The molecule has 23 heavy (non-hydrogen) atoms. The third kappa shape index (κ3) is 6.33. The average Bonchev–Trinajstić information content (AvgIpc) is 2.52. The number of likely N-dealkylation sites (tertiary alicyclic amines) is 1. The van der Waals surface area contributed by atoms with Crippen molar-refractivity contribution < 1.29 is 9.53 Å². The summed E-state index contributed by atoms with van der Waals surface area (Å²) < 4.78 is 5.51. The van der Waals surface area contributed by atoms with Gasteiger partial charge < -0.3 is 15.0 Å². The lowest BCUT2D eigenvalue weighted by Gasteiger charge is -2.35. The van der Waals surface area contributed by atoms with Crippen molar-refractivity contribution in [3.8, 4) is 0 Å². The largest absolute Gasteiger partial charge is 0.444 e. The first-order valence-electron chi connectivity index (χ1n) is 9.56. The predicted octanol–water partition coefficient (Wildman–Crippen LogP) is 4.19. The molecule has 0 radical (unpaired) electrons. The summed E-state index contributed by atoms with van der Waals surface area (Å²) in [5, 5.41) is 3.75. The van der Waals surface area contributed by atoms with Crippen molar-refractivity contribution in [3.63, 3.8) is 0 Å². The molecule has 134 valence electrons. The van der Waals surface area contributed by atoms with Crippen molar-refractivity contribution in [2.45, 2.75) is 84.3 Å². The van der Waals surface area contributed by atoms with Crippen LogP contribution in [0.25, 0.3) is 0 Å². The third-order valence-electron chi connectivity index (χ3n) is 5.26. The molecule has 4 nitrogen and oxygen atoms in total. The molecule has 1 aliphatic carbocycles. The molecule has 0 spiro atoms. The summed E-state index contributed by atoms with van der Waals surface area (Å²) in [4.78, 5) is 14.1. The second-order valence-electron chi connectivity index (χ2n) is 8.53. The molecule has 1 N–H and O–H groups in total. The van der Waals surface area contributed by atoms with E-state index in [-0.39, 0.29) is 6.09 Å². The van der Waals surface area contributed by atoms with Crippen LogP contribution in [0.4, 0.5) is 4.79 Å². The molecule has 1 unspecified atom stereocenters. The fraction of sp³-hybridized carbons (Fsp3) is 0.947. The van der Waals surface area contributed by atoms with Crippen molar-refractivity contribution >= 4 is 6.09 Å². The summed E-state index contributed by atoms with van der Waals surface area (Å²) in [6, 6.07) is 0.604. The molecular weight excluding hydrogens is 288 g/mol. The van der Waals surface area contributed by atoms with E-state index < -0.39 is 5.60 Å². The Hall–Kier alpha value is -0.770. The number of nitrogens with one attached hydrogen (secondary N) is 1. The van der Waals surface area contributed by atoms with E-state index in [4.69, 9.17) is 4.74 Å². The van der Waals surface area contributed by atoms with E-state index in [0.29, 0.717) is 12.0 Å². The van der Waals surface area contributed by atoms with Crippen molar-refractivity contribution in [3.05, 3.63) is 0 Å². The van der Waals surface area contributed by atoms with E-state index >= 15 is 0 Å². The van der Waals surface area contributed by atoms with E-state index in [9.17, 15) is 4.79 Å². The second-order valence-corrected chi connectivity index (χ2v) is 8.53. The van der Waals surface area contributed by atoms with Crippen LogP contribution in [-0.2, 0) is 4.74 Å². The third-order valence-corrected chi connectivity index (χ3v) is 5.26. The first kappa shape index (κ1) is 18.6. The van der Waals surface area contributed by atoms with E-state index in [2.05, 4.69) is 12.2 Å². The van der Waals surface area contributed by atoms with E-state index in [1.807, 2.05) is 25.7 Å². The SMILES string of the molecule is C[C@@H](NCC1CCCN(C(=O)OC(C)(C)C)C1)C1CCCCC1. The standard InChI is InChI=1S/C19H36N2O2/c1-15(17-10-6-5-7-11-17)20-13-16-9-8-12-21(14-16)18(22)23-19(2,3)4/h15-17,20H,5-14H2,1-4H3/t15-,16?/m1/s1. The summed E-state index contributed by atoms with van der Waals surface area (Å²) in [7, 11) is 0. The lowest BCUT2D eigenvalue weighted by Crippen LogP contribution is -2.46. The minimum atomic E-state index is -0.405. The Kier molecular flexibility index (Phi) is 6.75. The molecule has 0 aromatic carbocycles. The summed E-state index contributed by atoms with van der Waals surface area (Å²) in [6.07, 6.45) is 9.11. The maximum Gasteiger partial charge on any atom is 0.410 e. The van der Waals surface area contributed by atoms with Crippen LogP contribution >= 0.6 is 0 Å². The first-order chi connectivity index (χ1) is 10.8. The number of piperidine rings is 1. The number of carbonyl (C=O) groups is 1. The number of hydrogen-bond donors (Lipinski definition) is 1. The van der Waals surface area contributed by atoms with Crippen LogP contribution < -0.4 is 5.32 Å². The molecule has 0 bridgehead atoms. The highest BCUT2D eigenvalue weighted by Gasteiger charge is 2.28. The van der Waals surface area contributed by atoms with Crippen LogP contribution in [0.5, 0.6) is 0 Å². The van der Waals surface area contributed by atoms with E-state index in [1.165, 1.54) is 38.5 Å². The van der Waals surface area contributed by atoms with Gasteiger partial charge in [-0.1, -0.05) is 19.3 Å². The molecule has 2 rings (SSSR count). The Bertz CT molecular complexity index is 372. The van der Waals surface area contributed by atoms with Crippen LogP contribution in [0.3, 0.4) is 0 Å². The van der Waals surface area contributed by atoms with Crippen molar-refractivity contribution in [1.82, 2.24) is 10.2 Å². The summed E-state index contributed by atoms with van der Waals surface area (Å²) in [5.41, 5.74) is -0.405. The normalized spacial score (nSPS) is 25.2. The lowest BCUT2D eigenvalue weighted by molar-refractivity contribution is 0.0164. The monoisotopic (exact) mass is 324 g/mol. The number of amides is 1. The van der Waals surface area contributed by atoms with Crippen molar-refractivity contribution in [1.29, 1.82) is 0 Å². The molecule has 2 atom stereocenters. The maximum absolute atomic E-state index is 12.2. The lowest BCUT2D eigenvalue weighted by atomic mass is 9.84. The molecule has 1 heterocycles. The van der Waals surface area contributed by atoms with Gasteiger partial charge in [0.1, 0.15) is 5.60 Å². The van der Waals surface area contributed by atoms with Gasteiger partial charge in [0, 0.05) is 19.1 Å². The van der Waals surface area contributed by atoms with Gasteiger partial charge in [-0.25, -0.2) is 4.79 Å². The Labute approximate surface area is 142 Å². The topological polar surface area (TPSA) is 41.6 Å². The number of rotatable bonds is 4. The Morgan fingerprint density at radius 3 is 2.52 bits per heavy atom. The summed E-state index contributed by atoms with van der Waals surface area (Å²) in [6.45, 7) is 10.8. The molecule has 2 aliphatic rings. The van der Waals surface area contributed by atoms with Gasteiger partial charge in [-0.3, -0.25) is 0 Å². The molecule has 4 heteroatoms. The fourth-order valence-corrected chi connectivity index (χ4v) is 3.88. The van der Waals surface area contributed by atoms with Gasteiger partial charge in [0.15, 0.2) is 0 Å². The summed E-state index contributed by atoms with van der Waals surface area (Å²) in [5.74, 6) is 1.40. The number of hydrogen-bond acceptors (Lipinski definition) is 3. The molecule has 1 saturated heterocycles. The van der Waals surface area contributed by atoms with Crippen molar-refractivity contribution in [2.24, 2.45) is 11.8 Å². The van der Waals surface area contributed by atoms with Gasteiger partial charge >= 0.3 is 6.09 Å². The summed E-state index contributed by atoms with van der Waals surface area (Å²) >= 11 is 0. The number of nitrogens with zero attached hydrogens (tertiary/aromatic N) is 1. The number of ether oxygens (including phenoxy) is 1. The quantitative estimate of drug-likeness (QED) is 0.843. The zero-order valence-electron chi connectivity index (χ0n) is 15.6. The van der Waals surface area contributed by atoms with Crippen LogP contribution in [0, 0.1) is 11.8 Å². The first-order valence-corrected chi connectivity index (χ1v) is 9.56. The maximum atomic E-state index is 12.2. The van der Waals surface area contributed by atoms with Gasteiger partial charge in [-0.05, 0) is 71.8 Å². The molecular formula is C19H36N2O2. The van der Waals surface area contributed by atoms with Gasteiger partial charge in [0.05, 0.1) is 0 Å². The number of carbonyl (C=O) groups excluding carboxylic acids is 1. The highest BCUT2D eigenvalue weighted by Crippen LogP contribution is 2.26. The molecule has 1 aliphatic heterocycles. The molecule has 0 aromatic heterocycles. The predicted molar refractivity (Wildman–Crippen MR) is 94.6 cm³/mol. The molecule has 2 fully saturated rings. The van der Waals surface area contributed by atoms with E-state index in [0.717, 1.165) is 32.0 Å². The average molecular weight is 325 g/mol. The smallest absolute Gasteiger partial charge is 0.410 e. The Morgan fingerprint density at radius 2 is 1.87 bits per heavy atom. The Balaban J connectivity index is 1.74. The van der Waals surface area contributed by atoms with Crippen LogP contribution in [0.1, 0.15) is 72.6 Å².